The summed E-state index contributed by atoms with van der Waals surface area (Å²) in [5.41, 5.74) is 6.53. The van der Waals surface area contributed by atoms with Crippen LogP contribution in [0, 0.1) is 13.0 Å². The molecular formula is C57H53N2NiOP. The number of hydrogen-bond acceptors (Lipinski definition) is 3. The van der Waals surface area contributed by atoms with E-state index in [1.165, 1.54) is 15.9 Å². The van der Waals surface area contributed by atoms with E-state index in [4.69, 9.17) is 5.11 Å². The molecule has 0 saturated carbocycles. The van der Waals surface area contributed by atoms with Crippen molar-refractivity contribution in [2.75, 3.05) is 0 Å². The molecule has 0 bridgehead atoms. The summed E-state index contributed by atoms with van der Waals surface area (Å²) in [6.07, 6.45) is 0. The van der Waals surface area contributed by atoms with Crippen molar-refractivity contribution in [2.24, 2.45) is 10.2 Å². The van der Waals surface area contributed by atoms with Gasteiger partial charge in [0.15, 0.2) is 5.75 Å². The third kappa shape index (κ3) is 11.0. The van der Waals surface area contributed by atoms with Gasteiger partial charge in [0.25, 0.3) is 0 Å². The molecule has 3 nitrogen and oxygen atoms in total. The predicted molar refractivity (Wildman–Crippen MR) is 264 cm³/mol. The summed E-state index contributed by atoms with van der Waals surface area (Å²) in [4.78, 5) is 0. The number of rotatable bonds is 8. The minimum Gasteiger partial charge on any atom is -0.505 e. The van der Waals surface area contributed by atoms with E-state index in [0.717, 1.165) is 55.0 Å². The van der Waals surface area contributed by atoms with Gasteiger partial charge in [0.05, 0.1) is 13.6 Å². The number of fused-ring (bicyclic) bond motifs is 2. The molecule has 5 heteroatoms. The molecule has 62 heavy (non-hydrogen) atoms. The second-order valence-electron chi connectivity index (χ2n) is 15.7. The molecule has 0 spiro atoms. The number of phenols is 1. The van der Waals surface area contributed by atoms with Crippen LogP contribution in [-0.4, -0.2) is 5.11 Å². The first-order valence-electron chi connectivity index (χ1n) is 21.0. The Bertz CT molecular complexity index is 2630. The second kappa shape index (κ2) is 22.1. The number of aromatic hydroxyl groups is 1. The molecule has 0 unspecified atom stereocenters. The molecule has 312 valence electrons. The van der Waals surface area contributed by atoms with Gasteiger partial charge in [-0.05, 0) is 112 Å². The van der Waals surface area contributed by atoms with Crippen molar-refractivity contribution in [2.45, 2.75) is 46.5 Å². The maximum atomic E-state index is 11.6. The summed E-state index contributed by atoms with van der Waals surface area (Å²) in [7, 11) is -0.877. The van der Waals surface area contributed by atoms with E-state index in [1.807, 2.05) is 61.5 Å². The Balaban J connectivity index is 0.000000204. The van der Waals surface area contributed by atoms with Crippen LogP contribution in [0.25, 0.3) is 32.7 Å². The molecule has 0 aliphatic heterocycles. The number of aryl methyl sites for hydroxylation is 1. The van der Waals surface area contributed by atoms with Crippen molar-refractivity contribution in [3.05, 3.63) is 229 Å². The van der Waals surface area contributed by atoms with Crippen LogP contribution in [0.5, 0.6) is 5.75 Å². The van der Waals surface area contributed by atoms with E-state index in [-0.39, 0.29) is 22.2 Å². The Hall–Kier alpha value is -6.18. The summed E-state index contributed by atoms with van der Waals surface area (Å²) in [5.74, 6) is 0.793. The van der Waals surface area contributed by atoms with E-state index in [9.17, 15) is 5.11 Å². The minimum absolute atomic E-state index is 0. The van der Waals surface area contributed by atoms with E-state index in [1.54, 1.807) is 0 Å². The monoisotopic (exact) mass is 870 g/mol. The SMILES string of the molecule is Cc1cc(N=Nc2c(C(C)C)cccc2C(C)C)c(O)c(-c2c3ccccc3cc3ccccc23)c1.[Ni].[c-]1ccccc1.c1ccc([PH+](c2ccccc2)c2ccccc2)cc1. The fraction of sp³-hybridized carbons (Fsp3) is 0.123. The van der Waals surface area contributed by atoms with Crippen molar-refractivity contribution < 1.29 is 21.6 Å². The fourth-order valence-corrected chi connectivity index (χ4v) is 10.3. The zero-order valence-electron chi connectivity index (χ0n) is 35.9. The fourth-order valence-electron chi connectivity index (χ4n) is 7.72. The zero-order chi connectivity index (χ0) is 42.6. The summed E-state index contributed by atoms with van der Waals surface area (Å²) in [6, 6.07) is 74.2. The first kappa shape index (κ1) is 45.4. The van der Waals surface area contributed by atoms with Crippen LogP contribution in [0.15, 0.2) is 216 Å². The van der Waals surface area contributed by atoms with Gasteiger partial charge in [0.2, 0.25) is 0 Å². The molecule has 9 aromatic rings. The average Bonchev–Trinajstić information content (AvgIpc) is 3.30. The minimum atomic E-state index is -0.877. The zero-order valence-corrected chi connectivity index (χ0v) is 37.9. The second-order valence-corrected chi connectivity index (χ2v) is 18.2. The Morgan fingerprint density at radius 2 is 0.919 bits per heavy atom. The third-order valence-electron chi connectivity index (χ3n) is 10.7. The summed E-state index contributed by atoms with van der Waals surface area (Å²) in [5, 5.41) is 29.8. The van der Waals surface area contributed by atoms with Crippen LogP contribution in [0.4, 0.5) is 11.4 Å². The van der Waals surface area contributed by atoms with Crippen molar-refractivity contribution in [3.63, 3.8) is 0 Å². The van der Waals surface area contributed by atoms with Gasteiger partial charge < -0.3 is 5.11 Å². The number of phenolic OH excluding ortho intramolecular Hbond substituents is 1. The molecule has 1 N–H and O–H groups in total. The van der Waals surface area contributed by atoms with Gasteiger partial charge in [-0.25, -0.2) is 0 Å². The molecule has 0 aromatic heterocycles. The van der Waals surface area contributed by atoms with Gasteiger partial charge in [-0.1, -0.05) is 149 Å². The van der Waals surface area contributed by atoms with Crippen LogP contribution >= 0.6 is 7.92 Å². The number of azo groups is 1. The first-order valence-corrected chi connectivity index (χ1v) is 22.5. The molecule has 0 aliphatic rings. The number of benzene rings is 9. The molecule has 0 atom stereocenters. The van der Waals surface area contributed by atoms with Gasteiger partial charge in [-0.3, -0.25) is 0 Å². The molecule has 0 radical (unpaired) electrons. The molecule has 0 amide bonds. The standard InChI is InChI=1S/C33H32N2O.C18H15P.C6H5.Ni/c1-20(2)25-15-10-16-26(21(3)4)32(25)35-34-30-18-22(5)17-29(33(30)36)31-27-13-8-6-11-23(27)19-24-12-7-9-14-28(24)31;1-4-10-16(11-5-1)19(17-12-6-2-7-13-17)18-14-8-3-9-15-18;1-2-4-6-5-3-1;/h6-21,36H,1-5H3;1-15H;1-5H;/q;;-1;/p+1. The Morgan fingerprint density at radius 1 is 0.484 bits per heavy atom. The molecule has 0 saturated heterocycles. The summed E-state index contributed by atoms with van der Waals surface area (Å²) < 4.78 is 0. The smallest absolute Gasteiger partial charge is 0.150 e. The van der Waals surface area contributed by atoms with Crippen LogP contribution in [-0.2, 0) is 16.5 Å². The van der Waals surface area contributed by atoms with E-state index >= 15 is 0 Å². The van der Waals surface area contributed by atoms with Crippen molar-refractivity contribution in [3.8, 4) is 16.9 Å². The van der Waals surface area contributed by atoms with Gasteiger partial charge in [0.1, 0.15) is 21.6 Å². The van der Waals surface area contributed by atoms with Crippen LogP contribution in [0.3, 0.4) is 0 Å². The molecule has 9 rings (SSSR count). The molecule has 9 aromatic carbocycles. The Labute approximate surface area is 378 Å². The third-order valence-corrected chi connectivity index (χ3v) is 13.4. The number of hydrogen-bond donors (Lipinski definition) is 1. The van der Waals surface area contributed by atoms with Crippen LogP contribution < -0.4 is 15.9 Å². The topological polar surface area (TPSA) is 45.0 Å². The average molecular weight is 872 g/mol. The van der Waals surface area contributed by atoms with Gasteiger partial charge in [-0.15, -0.1) is 10.2 Å². The first-order chi connectivity index (χ1) is 29.8. The molecular weight excluding hydrogens is 818 g/mol. The van der Waals surface area contributed by atoms with Gasteiger partial charge in [0, 0.05) is 27.6 Å². The number of nitrogens with zero attached hydrogens (tertiary/aromatic N) is 2. The predicted octanol–water partition coefficient (Wildman–Crippen LogP) is 15.0. The molecule has 0 fully saturated rings. The van der Waals surface area contributed by atoms with Crippen LogP contribution in [0.2, 0.25) is 0 Å². The maximum Gasteiger partial charge on any atom is 0.150 e. The van der Waals surface area contributed by atoms with E-state index < -0.39 is 7.92 Å². The maximum absolute atomic E-state index is 11.6. The largest absolute Gasteiger partial charge is 0.505 e. The Morgan fingerprint density at radius 3 is 1.34 bits per heavy atom. The molecule has 0 aliphatic carbocycles. The molecule has 0 heterocycles. The van der Waals surface area contributed by atoms with Crippen LogP contribution in [0.1, 0.15) is 56.2 Å². The quantitative estimate of drug-likeness (QED) is 0.0534. The van der Waals surface area contributed by atoms with Crippen molar-refractivity contribution in [1.29, 1.82) is 0 Å². The van der Waals surface area contributed by atoms with Crippen molar-refractivity contribution >= 4 is 56.8 Å². The van der Waals surface area contributed by atoms with Gasteiger partial charge in [-0.2, -0.15) is 36.4 Å². The van der Waals surface area contributed by atoms with E-state index in [0.29, 0.717) is 17.5 Å². The Kier molecular flexibility index (Phi) is 16.1. The van der Waals surface area contributed by atoms with Gasteiger partial charge >= 0.3 is 0 Å². The van der Waals surface area contributed by atoms with E-state index in [2.05, 4.69) is 191 Å². The van der Waals surface area contributed by atoms with Crippen molar-refractivity contribution in [1.82, 2.24) is 0 Å². The normalized spacial score (nSPS) is 11.0. The summed E-state index contributed by atoms with van der Waals surface area (Å²) in [6.45, 7) is 10.7. The summed E-state index contributed by atoms with van der Waals surface area (Å²) >= 11 is 0.